The molecular formula is C18H23F2NO4S. The molecule has 0 N–H and O–H groups in total. The van der Waals surface area contributed by atoms with E-state index in [0.717, 1.165) is 12.1 Å². The van der Waals surface area contributed by atoms with E-state index < -0.39 is 21.5 Å². The molecular weight excluding hydrogens is 364 g/mol. The number of ether oxygens (including phenoxy) is 1. The van der Waals surface area contributed by atoms with Crippen LogP contribution in [0.1, 0.15) is 26.2 Å². The molecule has 0 radical (unpaired) electrons. The van der Waals surface area contributed by atoms with Gasteiger partial charge in [-0.3, -0.25) is 4.79 Å². The molecule has 8 heteroatoms. The quantitative estimate of drug-likeness (QED) is 0.778. The summed E-state index contributed by atoms with van der Waals surface area (Å²) in [5.41, 5.74) is -0.142. The minimum atomic E-state index is -2.94. The Morgan fingerprint density at radius 1 is 1.23 bits per heavy atom. The first-order valence-corrected chi connectivity index (χ1v) is 10.6. The monoisotopic (exact) mass is 387 g/mol. The highest BCUT2D eigenvalue weighted by Gasteiger charge is 2.44. The molecule has 0 bridgehead atoms. The second-order valence-electron chi connectivity index (χ2n) is 7.47. The van der Waals surface area contributed by atoms with Gasteiger partial charge in [0.05, 0.1) is 18.1 Å². The van der Waals surface area contributed by atoms with Crippen LogP contribution < -0.4 is 4.74 Å². The molecule has 5 nitrogen and oxygen atoms in total. The van der Waals surface area contributed by atoms with Crippen LogP contribution in [-0.4, -0.2) is 50.4 Å². The van der Waals surface area contributed by atoms with Gasteiger partial charge < -0.3 is 9.64 Å². The molecule has 0 aromatic heterocycles. The Morgan fingerprint density at radius 3 is 2.58 bits per heavy atom. The molecule has 0 saturated carbocycles. The third-order valence-electron chi connectivity index (χ3n) is 5.69. The summed E-state index contributed by atoms with van der Waals surface area (Å²) in [4.78, 5) is 14.0. The SMILES string of the molecule is CC1(C2CC(=O)N(CCOc3ccc(F)c(F)c3)C2)CCS(=O)(=O)CC1. The lowest BCUT2D eigenvalue weighted by Crippen LogP contribution is -2.38. The van der Waals surface area contributed by atoms with E-state index in [2.05, 4.69) is 6.92 Å². The molecule has 0 aliphatic carbocycles. The van der Waals surface area contributed by atoms with Gasteiger partial charge in [-0.1, -0.05) is 6.92 Å². The first kappa shape index (κ1) is 19.1. The molecule has 1 aromatic rings. The number of hydrogen-bond donors (Lipinski definition) is 0. The van der Waals surface area contributed by atoms with E-state index in [1.54, 1.807) is 4.90 Å². The van der Waals surface area contributed by atoms with Crippen LogP contribution in [0.25, 0.3) is 0 Å². The van der Waals surface area contributed by atoms with Crippen LogP contribution in [0, 0.1) is 23.0 Å². The summed E-state index contributed by atoms with van der Waals surface area (Å²) in [5.74, 6) is -1.15. The minimum Gasteiger partial charge on any atom is -0.492 e. The molecule has 1 aromatic carbocycles. The van der Waals surface area contributed by atoms with Gasteiger partial charge in [0.1, 0.15) is 22.2 Å². The van der Waals surface area contributed by atoms with Crippen LogP contribution in [0.3, 0.4) is 0 Å². The lowest BCUT2D eigenvalue weighted by Gasteiger charge is -2.38. The molecule has 0 spiro atoms. The fraction of sp³-hybridized carbons (Fsp3) is 0.611. The number of carbonyl (C=O) groups excluding carboxylic acids is 1. The van der Waals surface area contributed by atoms with Crippen molar-refractivity contribution in [3.63, 3.8) is 0 Å². The van der Waals surface area contributed by atoms with Gasteiger partial charge in [-0.2, -0.15) is 0 Å². The van der Waals surface area contributed by atoms with Crippen molar-refractivity contribution in [2.24, 2.45) is 11.3 Å². The maximum absolute atomic E-state index is 13.2. The number of likely N-dealkylation sites (tertiary alicyclic amines) is 1. The number of benzene rings is 1. The molecule has 144 valence electrons. The van der Waals surface area contributed by atoms with Crippen molar-refractivity contribution in [2.75, 3.05) is 31.2 Å². The Morgan fingerprint density at radius 2 is 1.92 bits per heavy atom. The van der Waals surface area contributed by atoms with E-state index in [0.29, 0.717) is 32.4 Å². The van der Waals surface area contributed by atoms with E-state index in [4.69, 9.17) is 4.74 Å². The number of amides is 1. The lowest BCUT2D eigenvalue weighted by atomic mass is 9.72. The Kier molecular flexibility index (Phi) is 5.23. The molecule has 26 heavy (non-hydrogen) atoms. The predicted molar refractivity (Wildman–Crippen MR) is 92.5 cm³/mol. The number of hydrogen-bond acceptors (Lipinski definition) is 4. The van der Waals surface area contributed by atoms with Gasteiger partial charge in [-0.05, 0) is 36.3 Å². The van der Waals surface area contributed by atoms with E-state index in [1.165, 1.54) is 6.07 Å². The highest BCUT2D eigenvalue weighted by Crippen LogP contribution is 2.43. The summed E-state index contributed by atoms with van der Waals surface area (Å²) in [6, 6.07) is 3.32. The van der Waals surface area contributed by atoms with Crippen LogP contribution >= 0.6 is 0 Å². The number of rotatable bonds is 5. The number of nitrogens with zero attached hydrogens (tertiary/aromatic N) is 1. The summed E-state index contributed by atoms with van der Waals surface area (Å²) >= 11 is 0. The number of carbonyl (C=O) groups is 1. The molecule has 3 rings (SSSR count). The van der Waals surface area contributed by atoms with Gasteiger partial charge in [-0.25, -0.2) is 17.2 Å². The summed E-state index contributed by atoms with van der Waals surface area (Å²) < 4.78 is 54.8. The van der Waals surface area contributed by atoms with Crippen molar-refractivity contribution < 1.29 is 26.7 Å². The molecule has 2 aliphatic heterocycles. The van der Waals surface area contributed by atoms with Gasteiger partial charge in [0.25, 0.3) is 0 Å². The molecule has 1 atom stereocenters. The summed E-state index contributed by atoms with van der Waals surface area (Å²) in [7, 11) is -2.94. The third kappa shape index (κ3) is 4.16. The average Bonchev–Trinajstić information content (AvgIpc) is 2.96. The smallest absolute Gasteiger partial charge is 0.223 e. The Labute approximate surface area is 152 Å². The maximum Gasteiger partial charge on any atom is 0.223 e. The highest BCUT2D eigenvalue weighted by atomic mass is 32.2. The van der Waals surface area contributed by atoms with E-state index >= 15 is 0 Å². The predicted octanol–water partition coefficient (Wildman–Crippen LogP) is 2.41. The van der Waals surface area contributed by atoms with E-state index in [-0.39, 0.29) is 41.1 Å². The number of sulfone groups is 1. The fourth-order valence-corrected chi connectivity index (χ4v) is 5.47. The van der Waals surface area contributed by atoms with Gasteiger partial charge in [-0.15, -0.1) is 0 Å². The van der Waals surface area contributed by atoms with Crippen molar-refractivity contribution in [3.05, 3.63) is 29.8 Å². The van der Waals surface area contributed by atoms with Gasteiger partial charge in [0.2, 0.25) is 5.91 Å². The third-order valence-corrected chi connectivity index (χ3v) is 7.34. The molecule has 1 unspecified atom stereocenters. The Balaban J connectivity index is 1.52. The fourth-order valence-electron chi connectivity index (χ4n) is 3.71. The Hall–Kier alpha value is -1.70. The van der Waals surface area contributed by atoms with Crippen molar-refractivity contribution in [1.82, 2.24) is 4.90 Å². The number of halogens is 2. The van der Waals surface area contributed by atoms with Crippen LogP contribution in [0.15, 0.2) is 18.2 Å². The zero-order chi connectivity index (χ0) is 18.9. The van der Waals surface area contributed by atoms with Crippen LogP contribution in [-0.2, 0) is 14.6 Å². The second-order valence-corrected chi connectivity index (χ2v) is 9.77. The van der Waals surface area contributed by atoms with Crippen molar-refractivity contribution in [1.29, 1.82) is 0 Å². The topological polar surface area (TPSA) is 63.7 Å². The standard InChI is InChI=1S/C18H23F2NO4S/c1-18(4-8-26(23,24)9-5-18)13-10-17(22)21(12-13)6-7-25-14-2-3-15(19)16(20)11-14/h2-3,11,13H,4-10,12H2,1H3. The van der Waals surface area contributed by atoms with Crippen LogP contribution in [0.2, 0.25) is 0 Å². The zero-order valence-electron chi connectivity index (χ0n) is 14.7. The van der Waals surface area contributed by atoms with Crippen molar-refractivity contribution >= 4 is 15.7 Å². The van der Waals surface area contributed by atoms with Crippen LogP contribution in [0.4, 0.5) is 8.78 Å². The van der Waals surface area contributed by atoms with E-state index in [1.807, 2.05) is 0 Å². The summed E-state index contributed by atoms with van der Waals surface area (Å²) in [5, 5.41) is 0. The lowest BCUT2D eigenvalue weighted by molar-refractivity contribution is -0.128. The van der Waals surface area contributed by atoms with Gasteiger partial charge in [0.15, 0.2) is 11.6 Å². The second kappa shape index (κ2) is 7.13. The molecule has 1 amide bonds. The highest BCUT2D eigenvalue weighted by molar-refractivity contribution is 7.91. The molecule has 2 heterocycles. The first-order chi connectivity index (χ1) is 12.2. The minimum absolute atomic E-state index is 0.0264. The average molecular weight is 387 g/mol. The van der Waals surface area contributed by atoms with Gasteiger partial charge >= 0.3 is 0 Å². The summed E-state index contributed by atoms with van der Waals surface area (Å²) in [6.45, 7) is 3.20. The Bertz CT molecular complexity index is 782. The molecule has 2 aliphatic rings. The van der Waals surface area contributed by atoms with E-state index in [9.17, 15) is 22.0 Å². The van der Waals surface area contributed by atoms with Crippen molar-refractivity contribution in [3.8, 4) is 5.75 Å². The van der Waals surface area contributed by atoms with Crippen molar-refractivity contribution in [2.45, 2.75) is 26.2 Å². The largest absolute Gasteiger partial charge is 0.492 e. The molecule has 2 saturated heterocycles. The molecule has 2 fully saturated rings. The summed E-state index contributed by atoms with van der Waals surface area (Å²) in [6.07, 6.45) is 1.60. The normalized spacial score (nSPS) is 24.7. The van der Waals surface area contributed by atoms with Crippen LogP contribution in [0.5, 0.6) is 5.75 Å². The maximum atomic E-state index is 13.2. The zero-order valence-corrected chi connectivity index (χ0v) is 15.5. The van der Waals surface area contributed by atoms with Gasteiger partial charge in [0, 0.05) is 19.0 Å². The first-order valence-electron chi connectivity index (χ1n) is 8.75.